The van der Waals surface area contributed by atoms with Gasteiger partial charge in [-0.2, -0.15) is 0 Å². The van der Waals surface area contributed by atoms with E-state index in [1.165, 1.54) is 0 Å². The van der Waals surface area contributed by atoms with Crippen molar-refractivity contribution in [1.29, 1.82) is 0 Å². The maximum absolute atomic E-state index is 6.34. The third-order valence-corrected chi connectivity index (χ3v) is 4.50. The van der Waals surface area contributed by atoms with Crippen LogP contribution in [-0.2, 0) is 0 Å². The number of halogens is 4. The summed E-state index contributed by atoms with van der Waals surface area (Å²) in [7, 11) is 0. The smallest absolute Gasteiger partial charge is 0.132 e. The summed E-state index contributed by atoms with van der Waals surface area (Å²) >= 11 is 25.0. The summed E-state index contributed by atoms with van der Waals surface area (Å²) in [4.78, 5) is 4.56. The second kappa shape index (κ2) is 5.69. The number of rotatable bonds is 2. The zero-order valence-corrected chi connectivity index (χ0v) is 14.0. The molecular weight excluding hydrogens is 350 g/mol. The molecule has 1 heterocycles. The number of benzene rings is 2. The molecule has 1 aromatic heterocycles. The standard InChI is InChI=1S/C15H10Cl4N2/c1-8(16)15-20-14-10(18)5-3-7-12(14)21(15)11-6-2-4-9(17)13(11)19/h2-8H,1H3. The molecule has 0 N–H and O–H groups in total. The van der Waals surface area contributed by atoms with E-state index in [9.17, 15) is 0 Å². The van der Waals surface area contributed by atoms with Crippen LogP contribution in [0.2, 0.25) is 15.1 Å². The van der Waals surface area contributed by atoms with Crippen molar-refractivity contribution in [1.82, 2.24) is 9.55 Å². The number of fused-ring (bicyclic) bond motifs is 1. The molecule has 0 spiro atoms. The van der Waals surface area contributed by atoms with Gasteiger partial charge < -0.3 is 0 Å². The molecule has 0 radical (unpaired) electrons. The molecule has 1 atom stereocenters. The molecule has 6 heteroatoms. The van der Waals surface area contributed by atoms with Gasteiger partial charge in [-0.15, -0.1) is 11.6 Å². The fourth-order valence-corrected chi connectivity index (χ4v) is 3.01. The van der Waals surface area contributed by atoms with E-state index in [2.05, 4.69) is 4.98 Å². The van der Waals surface area contributed by atoms with Crippen molar-refractivity contribution < 1.29 is 0 Å². The molecule has 0 aliphatic carbocycles. The summed E-state index contributed by atoms with van der Waals surface area (Å²) in [6.45, 7) is 1.85. The molecule has 0 amide bonds. The predicted molar refractivity (Wildman–Crippen MR) is 90.4 cm³/mol. The van der Waals surface area contributed by atoms with Crippen molar-refractivity contribution in [3.63, 3.8) is 0 Å². The largest absolute Gasteiger partial charge is 0.293 e. The summed E-state index contributed by atoms with van der Waals surface area (Å²) in [6, 6.07) is 11.0. The van der Waals surface area contributed by atoms with E-state index >= 15 is 0 Å². The summed E-state index contributed by atoms with van der Waals surface area (Å²) in [5.41, 5.74) is 2.27. The Bertz CT molecular complexity index is 824. The highest BCUT2D eigenvalue weighted by Gasteiger charge is 2.20. The molecule has 1 unspecified atom stereocenters. The van der Waals surface area contributed by atoms with E-state index < -0.39 is 0 Å². The van der Waals surface area contributed by atoms with Gasteiger partial charge in [-0.3, -0.25) is 4.57 Å². The van der Waals surface area contributed by atoms with Gasteiger partial charge in [-0.25, -0.2) is 4.98 Å². The molecule has 21 heavy (non-hydrogen) atoms. The zero-order chi connectivity index (χ0) is 15.1. The van der Waals surface area contributed by atoms with Crippen LogP contribution in [0.15, 0.2) is 36.4 Å². The van der Waals surface area contributed by atoms with E-state index in [1.807, 2.05) is 35.8 Å². The molecule has 2 aromatic carbocycles. The Labute approximate surface area is 142 Å². The number of hydrogen-bond donors (Lipinski definition) is 0. The van der Waals surface area contributed by atoms with Crippen molar-refractivity contribution in [2.45, 2.75) is 12.3 Å². The molecule has 3 aromatic rings. The lowest BCUT2D eigenvalue weighted by atomic mass is 10.2. The molecule has 0 aliphatic heterocycles. The normalized spacial score (nSPS) is 12.8. The SMILES string of the molecule is CC(Cl)c1nc2c(Cl)cccc2n1-c1cccc(Cl)c1Cl. The minimum Gasteiger partial charge on any atom is -0.293 e. The zero-order valence-electron chi connectivity index (χ0n) is 10.9. The number of aromatic nitrogens is 2. The lowest BCUT2D eigenvalue weighted by Gasteiger charge is -2.13. The van der Waals surface area contributed by atoms with Crippen LogP contribution in [0.25, 0.3) is 16.7 Å². The second-order valence-corrected chi connectivity index (χ2v) is 6.45. The van der Waals surface area contributed by atoms with Crippen LogP contribution in [0.4, 0.5) is 0 Å². The quantitative estimate of drug-likeness (QED) is 0.492. The van der Waals surface area contributed by atoms with Gasteiger partial charge in [0.15, 0.2) is 0 Å². The molecule has 0 bridgehead atoms. The van der Waals surface area contributed by atoms with Crippen LogP contribution in [-0.4, -0.2) is 9.55 Å². The van der Waals surface area contributed by atoms with Crippen molar-refractivity contribution in [2.24, 2.45) is 0 Å². The summed E-state index contributed by atoms with van der Waals surface area (Å²) in [6.07, 6.45) is 0. The van der Waals surface area contributed by atoms with Gasteiger partial charge in [0.25, 0.3) is 0 Å². The van der Waals surface area contributed by atoms with Crippen LogP contribution in [0.1, 0.15) is 18.1 Å². The first kappa shape index (κ1) is 15.0. The molecular formula is C15H10Cl4N2. The number of imidazole rings is 1. The van der Waals surface area contributed by atoms with Gasteiger partial charge >= 0.3 is 0 Å². The van der Waals surface area contributed by atoms with Gasteiger partial charge in [0.2, 0.25) is 0 Å². The summed E-state index contributed by atoms with van der Waals surface area (Å²) < 4.78 is 1.90. The van der Waals surface area contributed by atoms with E-state index in [0.29, 0.717) is 26.4 Å². The topological polar surface area (TPSA) is 17.8 Å². The summed E-state index contributed by atoms with van der Waals surface area (Å²) in [5.74, 6) is 0.670. The Balaban J connectivity index is 2.43. The van der Waals surface area contributed by atoms with Crippen molar-refractivity contribution >= 4 is 57.4 Å². The van der Waals surface area contributed by atoms with Crippen LogP contribution < -0.4 is 0 Å². The Morgan fingerprint density at radius 2 is 1.67 bits per heavy atom. The number of alkyl halides is 1. The first-order valence-electron chi connectivity index (χ1n) is 6.26. The van der Waals surface area contributed by atoms with E-state index in [4.69, 9.17) is 46.4 Å². The Kier molecular flexibility index (Phi) is 4.06. The highest BCUT2D eigenvalue weighted by Crippen LogP contribution is 2.36. The third-order valence-electron chi connectivity index (χ3n) is 3.19. The molecule has 0 saturated heterocycles. The van der Waals surface area contributed by atoms with E-state index in [1.54, 1.807) is 12.1 Å². The van der Waals surface area contributed by atoms with Crippen molar-refractivity contribution in [3.8, 4) is 5.69 Å². The van der Waals surface area contributed by atoms with E-state index in [-0.39, 0.29) is 5.38 Å². The average Bonchev–Trinajstić information content (AvgIpc) is 2.83. The van der Waals surface area contributed by atoms with Crippen molar-refractivity contribution in [2.75, 3.05) is 0 Å². The summed E-state index contributed by atoms with van der Waals surface area (Å²) in [5, 5.41) is 1.20. The monoisotopic (exact) mass is 358 g/mol. The van der Waals surface area contributed by atoms with Gasteiger partial charge in [-0.1, -0.05) is 46.9 Å². The highest BCUT2D eigenvalue weighted by molar-refractivity contribution is 6.43. The third kappa shape index (κ3) is 2.51. The second-order valence-electron chi connectivity index (χ2n) is 4.60. The lowest BCUT2D eigenvalue weighted by Crippen LogP contribution is -2.02. The minimum atomic E-state index is -0.302. The van der Waals surface area contributed by atoms with Gasteiger partial charge in [-0.05, 0) is 31.2 Å². The maximum atomic E-state index is 6.34. The highest BCUT2D eigenvalue weighted by atomic mass is 35.5. The number of hydrogen-bond acceptors (Lipinski definition) is 1. The van der Waals surface area contributed by atoms with Gasteiger partial charge in [0.1, 0.15) is 11.3 Å². The molecule has 108 valence electrons. The van der Waals surface area contributed by atoms with Gasteiger partial charge in [0, 0.05) is 0 Å². The fraction of sp³-hybridized carbons (Fsp3) is 0.133. The first-order valence-corrected chi connectivity index (χ1v) is 7.83. The van der Waals surface area contributed by atoms with Crippen LogP contribution >= 0.6 is 46.4 Å². The average molecular weight is 360 g/mol. The molecule has 2 nitrogen and oxygen atoms in total. The van der Waals surface area contributed by atoms with Crippen LogP contribution in [0.5, 0.6) is 0 Å². The molecule has 0 aliphatic rings. The van der Waals surface area contributed by atoms with Crippen LogP contribution in [0, 0.1) is 0 Å². The number of para-hydroxylation sites is 1. The molecule has 0 saturated carbocycles. The Morgan fingerprint density at radius 3 is 2.38 bits per heavy atom. The number of nitrogens with zero attached hydrogens (tertiary/aromatic N) is 2. The Morgan fingerprint density at radius 1 is 1.00 bits per heavy atom. The van der Waals surface area contributed by atoms with Crippen LogP contribution in [0.3, 0.4) is 0 Å². The predicted octanol–water partition coefficient (Wildman–Crippen LogP) is 6.29. The fourth-order valence-electron chi connectivity index (χ4n) is 2.27. The maximum Gasteiger partial charge on any atom is 0.132 e. The Hall–Kier alpha value is -0.930. The van der Waals surface area contributed by atoms with Crippen molar-refractivity contribution in [3.05, 3.63) is 57.3 Å². The lowest BCUT2D eigenvalue weighted by molar-refractivity contribution is 0.883. The van der Waals surface area contributed by atoms with E-state index in [0.717, 1.165) is 11.2 Å². The molecule has 3 rings (SSSR count). The minimum absolute atomic E-state index is 0.302. The molecule has 0 fully saturated rings. The van der Waals surface area contributed by atoms with Gasteiger partial charge in [0.05, 0.1) is 31.6 Å². The first-order chi connectivity index (χ1) is 10.0.